The van der Waals surface area contributed by atoms with Gasteiger partial charge < -0.3 is 4.42 Å². The Kier molecular flexibility index (Phi) is 4.55. The van der Waals surface area contributed by atoms with Crippen molar-refractivity contribution in [2.75, 3.05) is 5.32 Å². The van der Waals surface area contributed by atoms with Crippen LogP contribution < -0.4 is 5.32 Å². The largest absolute Gasteiger partial charge is 0.454 e. The van der Waals surface area contributed by atoms with Crippen LogP contribution in [0.2, 0.25) is 0 Å². The maximum atomic E-state index is 11.9. The summed E-state index contributed by atoms with van der Waals surface area (Å²) in [7, 11) is 0. The highest BCUT2D eigenvalue weighted by Gasteiger charge is 2.15. The maximum Gasteiger partial charge on any atom is 0.293 e. The number of hydrogen-bond acceptors (Lipinski definition) is 5. The first-order chi connectivity index (χ1) is 9.10. The van der Waals surface area contributed by atoms with Crippen LogP contribution in [0.3, 0.4) is 0 Å². The van der Waals surface area contributed by atoms with Crippen molar-refractivity contribution in [3.05, 3.63) is 28.7 Å². The van der Waals surface area contributed by atoms with E-state index in [9.17, 15) is 4.79 Å². The summed E-state index contributed by atoms with van der Waals surface area (Å²) in [6.07, 6.45) is 1.86. The summed E-state index contributed by atoms with van der Waals surface area (Å²) in [6.45, 7) is 3.85. The van der Waals surface area contributed by atoms with Gasteiger partial charge in [0, 0.05) is 6.42 Å². The van der Waals surface area contributed by atoms with E-state index in [0.717, 1.165) is 17.8 Å². The average molecular weight is 300 g/mol. The number of aryl methyl sites for hydroxylation is 1. The third-order valence-electron chi connectivity index (χ3n) is 2.39. The van der Waals surface area contributed by atoms with Gasteiger partial charge in [0.1, 0.15) is 10.8 Å². The van der Waals surface area contributed by atoms with Crippen molar-refractivity contribution in [1.82, 2.24) is 10.2 Å². The van der Waals surface area contributed by atoms with E-state index in [1.807, 2.05) is 0 Å². The van der Waals surface area contributed by atoms with Gasteiger partial charge in [0.05, 0.1) is 5.38 Å². The van der Waals surface area contributed by atoms with Gasteiger partial charge in [-0.1, -0.05) is 18.3 Å². The van der Waals surface area contributed by atoms with Gasteiger partial charge in [0.15, 0.2) is 5.76 Å². The fraction of sp³-hybridized carbons (Fsp3) is 0.417. The molecule has 102 valence electrons. The van der Waals surface area contributed by atoms with E-state index in [1.54, 1.807) is 19.1 Å². The predicted octanol–water partition coefficient (Wildman–Crippen LogP) is 3.64. The van der Waals surface area contributed by atoms with Crippen LogP contribution in [0.1, 0.15) is 47.0 Å². The fourth-order valence-corrected chi connectivity index (χ4v) is 2.42. The molecule has 0 aromatic carbocycles. The number of nitrogens with zero attached hydrogens (tertiary/aromatic N) is 2. The summed E-state index contributed by atoms with van der Waals surface area (Å²) in [4.78, 5) is 11.9. The second kappa shape index (κ2) is 6.16. The van der Waals surface area contributed by atoms with Crippen molar-refractivity contribution >= 4 is 34.0 Å². The Balaban J connectivity index is 2.02. The van der Waals surface area contributed by atoms with Gasteiger partial charge in [-0.2, -0.15) is 0 Å². The number of carbonyl (C=O) groups is 1. The zero-order valence-corrected chi connectivity index (χ0v) is 12.2. The number of carbonyl (C=O) groups excluding carboxylic acids is 1. The van der Waals surface area contributed by atoms with Crippen molar-refractivity contribution in [3.8, 4) is 0 Å². The molecule has 1 atom stereocenters. The van der Waals surface area contributed by atoms with E-state index >= 15 is 0 Å². The molecule has 0 spiro atoms. The van der Waals surface area contributed by atoms with E-state index < -0.39 is 0 Å². The normalized spacial score (nSPS) is 12.4. The minimum absolute atomic E-state index is 0.217. The van der Waals surface area contributed by atoms with Crippen LogP contribution in [0, 0.1) is 0 Å². The molecule has 2 aromatic heterocycles. The van der Waals surface area contributed by atoms with Crippen LogP contribution >= 0.6 is 22.9 Å². The lowest BCUT2D eigenvalue weighted by Gasteiger charge is -1.98. The minimum Gasteiger partial charge on any atom is -0.454 e. The van der Waals surface area contributed by atoms with Crippen molar-refractivity contribution < 1.29 is 9.21 Å². The van der Waals surface area contributed by atoms with Crippen LogP contribution in [0.15, 0.2) is 16.5 Å². The van der Waals surface area contributed by atoms with Crippen LogP contribution in [0.5, 0.6) is 0 Å². The molecule has 5 nitrogen and oxygen atoms in total. The number of aromatic nitrogens is 2. The summed E-state index contributed by atoms with van der Waals surface area (Å²) in [5.74, 6) is 0.438. The molecule has 7 heteroatoms. The van der Waals surface area contributed by atoms with Gasteiger partial charge in [0.2, 0.25) is 5.13 Å². The number of alkyl halides is 1. The number of anilines is 1. The number of furan rings is 1. The van der Waals surface area contributed by atoms with Gasteiger partial charge >= 0.3 is 0 Å². The fourth-order valence-electron chi connectivity index (χ4n) is 1.47. The minimum atomic E-state index is -0.345. The summed E-state index contributed by atoms with van der Waals surface area (Å²) >= 11 is 7.25. The third-order valence-corrected chi connectivity index (χ3v) is 3.51. The Morgan fingerprint density at radius 1 is 1.53 bits per heavy atom. The van der Waals surface area contributed by atoms with Crippen LogP contribution in [0.25, 0.3) is 0 Å². The van der Waals surface area contributed by atoms with E-state index in [4.69, 9.17) is 16.0 Å². The second-order valence-corrected chi connectivity index (χ2v) is 5.74. The highest BCUT2D eigenvalue weighted by atomic mass is 35.5. The molecule has 0 aliphatic carbocycles. The molecule has 0 fully saturated rings. The zero-order chi connectivity index (χ0) is 13.8. The second-order valence-electron chi connectivity index (χ2n) is 4.02. The molecule has 0 aliphatic rings. The van der Waals surface area contributed by atoms with Crippen molar-refractivity contribution in [3.63, 3.8) is 0 Å². The van der Waals surface area contributed by atoms with E-state index in [1.165, 1.54) is 11.3 Å². The van der Waals surface area contributed by atoms with Crippen molar-refractivity contribution in [2.24, 2.45) is 0 Å². The number of amides is 1. The molecular weight excluding hydrogens is 286 g/mol. The quantitative estimate of drug-likeness (QED) is 0.856. The number of rotatable bonds is 5. The predicted molar refractivity (Wildman–Crippen MR) is 74.8 cm³/mol. The van der Waals surface area contributed by atoms with Gasteiger partial charge in [-0.25, -0.2) is 0 Å². The van der Waals surface area contributed by atoms with Gasteiger partial charge in [-0.15, -0.1) is 21.8 Å². The van der Waals surface area contributed by atoms with E-state index in [0.29, 0.717) is 10.9 Å². The Labute approximate surface area is 120 Å². The van der Waals surface area contributed by atoms with Crippen molar-refractivity contribution in [2.45, 2.75) is 32.1 Å². The maximum absolute atomic E-state index is 11.9. The molecule has 0 saturated heterocycles. The molecule has 2 rings (SSSR count). The Morgan fingerprint density at radius 2 is 2.32 bits per heavy atom. The van der Waals surface area contributed by atoms with Gasteiger partial charge in [-0.05, 0) is 25.5 Å². The summed E-state index contributed by atoms with van der Waals surface area (Å²) in [6, 6.07) is 3.28. The molecule has 2 heterocycles. The first-order valence-corrected chi connectivity index (χ1v) is 7.23. The molecule has 0 aliphatic heterocycles. The lowest BCUT2D eigenvalue weighted by Crippen LogP contribution is -2.10. The first kappa shape index (κ1) is 14.0. The lowest BCUT2D eigenvalue weighted by molar-refractivity contribution is 0.0995. The molecule has 0 radical (unpaired) electrons. The van der Waals surface area contributed by atoms with Crippen LogP contribution in [-0.4, -0.2) is 16.1 Å². The molecule has 0 saturated carbocycles. The topological polar surface area (TPSA) is 68.0 Å². The molecule has 19 heavy (non-hydrogen) atoms. The molecule has 1 amide bonds. The Hall–Kier alpha value is -1.40. The van der Waals surface area contributed by atoms with E-state index in [2.05, 4.69) is 22.4 Å². The summed E-state index contributed by atoms with van der Waals surface area (Å²) in [5, 5.41) is 11.7. The molecule has 1 N–H and O–H groups in total. The van der Waals surface area contributed by atoms with Gasteiger partial charge in [0.25, 0.3) is 5.91 Å². The first-order valence-electron chi connectivity index (χ1n) is 5.97. The standard InChI is InChI=1S/C12H14ClN3O2S/c1-3-4-10-15-16-12(19-10)14-11(17)9-6-5-8(18-9)7(2)13/h5-7H,3-4H2,1-2H3,(H,14,16,17). The third kappa shape index (κ3) is 3.54. The Bertz CT molecular complexity index is 565. The van der Waals surface area contributed by atoms with Crippen LogP contribution in [0.4, 0.5) is 5.13 Å². The number of halogens is 1. The lowest BCUT2D eigenvalue weighted by atomic mass is 10.3. The highest BCUT2D eigenvalue weighted by Crippen LogP contribution is 2.23. The molecule has 1 unspecified atom stereocenters. The molecular formula is C12H14ClN3O2S. The zero-order valence-electron chi connectivity index (χ0n) is 10.6. The summed E-state index contributed by atoms with van der Waals surface area (Å²) in [5.41, 5.74) is 0. The average Bonchev–Trinajstić information content (AvgIpc) is 2.98. The highest BCUT2D eigenvalue weighted by molar-refractivity contribution is 7.15. The SMILES string of the molecule is CCCc1nnc(NC(=O)c2ccc(C(C)Cl)o2)s1. The van der Waals surface area contributed by atoms with E-state index in [-0.39, 0.29) is 17.0 Å². The van der Waals surface area contributed by atoms with Crippen LogP contribution in [-0.2, 0) is 6.42 Å². The molecule has 2 aromatic rings. The van der Waals surface area contributed by atoms with Crippen molar-refractivity contribution in [1.29, 1.82) is 0 Å². The Morgan fingerprint density at radius 3 is 2.95 bits per heavy atom. The number of nitrogens with one attached hydrogen (secondary N) is 1. The smallest absolute Gasteiger partial charge is 0.293 e. The monoisotopic (exact) mass is 299 g/mol. The summed E-state index contributed by atoms with van der Waals surface area (Å²) < 4.78 is 5.35. The number of hydrogen-bond donors (Lipinski definition) is 1. The van der Waals surface area contributed by atoms with Gasteiger partial charge in [-0.3, -0.25) is 10.1 Å². The molecule has 0 bridgehead atoms.